The molecule has 3 N–H and O–H groups in total. The van der Waals surface area contributed by atoms with Crippen LogP contribution in [0.1, 0.15) is 0 Å². The van der Waals surface area contributed by atoms with Gasteiger partial charge in [0.1, 0.15) is 24.2 Å². The maximum Gasteiger partial charge on any atom is 0.120 e. The summed E-state index contributed by atoms with van der Waals surface area (Å²) in [5, 5.41) is 31.6. The molecule has 0 saturated carbocycles. The highest BCUT2D eigenvalue weighted by molar-refractivity contribution is 5.98. The second-order valence-electron chi connectivity index (χ2n) is 8.07. The summed E-state index contributed by atoms with van der Waals surface area (Å²) in [6.45, 7) is 5.27. The summed E-state index contributed by atoms with van der Waals surface area (Å²) in [6.07, 6.45) is -0.583. The number of benzene rings is 3. The monoisotopic (exact) mass is 422 g/mol. The number of fused-ring (bicyclic) bond motifs is 1. The average molecular weight is 423 g/mol. The molecule has 0 aliphatic carbocycles. The third kappa shape index (κ3) is 5.54. The van der Waals surface area contributed by atoms with E-state index in [-0.39, 0.29) is 19.0 Å². The first-order chi connectivity index (χ1) is 15.1. The Morgan fingerprint density at radius 2 is 1.68 bits per heavy atom. The Kier molecular flexibility index (Phi) is 7.04. The fraction of sp³-hybridized carbons (Fsp3) is 0.360. The predicted octanol–water partition coefficient (Wildman–Crippen LogP) is 2.56. The van der Waals surface area contributed by atoms with Crippen LogP contribution in [-0.4, -0.2) is 83.7 Å². The summed E-state index contributed by atoms with van der Waals surface area (Å²) in [5.74, 6) is 0.922. The molecule has 0 spiro atoms. The Morgan fingerprint density at radius 3 is 2.45 bits per heavy atom. The molecule has 1 atom stereocenters. The van der Waals surface area contributed by atoms with Crippen molar-refractivity contribution in [3.63, 3.8) is 0 Å². The molecule has 6 nitrogen and oxygen atoms in total. The highest BCUT2D eigenvalue weighted by Crippen LogP contribution is 2.34. The molecular weight excluding hydrogens is 392 g/mol. The molecule has 1 heterocycles. The summed E-state index contributed by atoms with van der Waals surface area (Å²) in [7, 11) is 0. The number of nitrogens with zero attached hydrogens (tertiary/aromatic N) is 2. The summed E-state index contributed by atoms with van der Waals surface area (Å²) < 4.78 is 5.99. The van der Waals surface area contributed by atoms with E-state index in [0.717, 1.165) is 48.1 Å². The lowest BCUT2D eigenvalue weighted by Gasteiger charge is -2.35. The van der Waals surface area contributed by atoms with Crippen LogP contribution in [0.3, 0.4) is 0 Å². The number of aromatic hydroxyl groups is 1. The van der Waals surface area contributed by atoms with E-state index in [4.69, 9.17) is 9.84 Å². The lowest BCUT2D eigenvalue weighted by Crippen LogP contribution is -2.49. The lowest BCUT2D eigenvalue weighted by molar-refractivity contribution is 0.0429. The highest BCUT2D eigenvalue weighted by atomic mass is 16.5. The van der Waals surface area contributed by atoms with Gasteiger partial charge in [-0.2, -0.15) is 0 Å². The molecule has 1 unspecified atom stereocenters. The van der Waals surface area contributed by atoms with Crippen LogP contribution in [0, 0.1) is 0 Å². The van der Waals surface area contributed by atoms with E-state index < -0.39 is 6.10 Å². The van der Waals surface area contributed by atoms with E-state index in [9.17, 15) is 10.2 Å². The van der Waals surface area contributed by atoms with Crippen molar-refractivity contribution in [2.45, 2.75) is 6.10 Å². The van der Waals surface area contributed by atoms with Gasteiger partial charge in [-0.15, -0.1) is 0 Å². The molecule has 4 rings (SSSR count). The Labute approximate surface area is 182 Å². The van der Waals surface area contributed by atoms with Gasteiger partial charge in [-0.1, -0.05) is 36.4 Å². The predicted molar refractivity (Wildman–Crippen MR) is 123 cm³/mol. The van der Waals surface area contributed by atoms with E-state index in [1.54, 1.807) is 12.1 Å². The number of β-amino-alcohol motifs (C(OH)–C–C–N with tert-alkyl or cyclic N) is 2. The van der Waals surface area contributed by atoms with Crippen LogP contribution in [-0.2, 0) is 0 Å². The van der Waals surface area contributed by atoms with Crippen molar-refractivity contribution in [1.29, 1.82) is 0 Å². The van der Waals surface area contributed by atoms with Gasteiger partial charge in [0, 0.05) is 39.3 Å². The number of ether oxygens (including phenoxy) is 1. The maximum atomic E-state index is 10.5. The van der Waals surface area contributed by atoms with Crippen molar-refractivity contribution in [2.75, 3.05) is 52.5 Å². The van der Waals surface area contributed by atoms with Crippen molar-refractivity contribution >= 4 is 10.8 Å². The van der Waals surface area contributed by atoms with Crippen molar-refractivity contribution in [2.24, 2.45) is 0 Å². The van der Waals surface area contributed by atoms with Crippen LogP contribution in [0.4, 0.5) is 0 Å². The lowest BCUT2D eigenvalue weighted by atomic mass is 9.97. The SMILES string of the molecule is OCCN1CCN(CC(O)COc2cc(-c3cccc(O)c3)c3ccccc3c2)CC1. The van der Waals surface area contributed by atoms with Gasteiger partial charge in [0.2, 0.25) is 0 Å². The molecule has 0 aromatic heterocycles. The van der Waals surface area contributed by atoms with Gasteiger partial charge in [0.05, 0.1) is 6.61 Å². The Morgan fingerprint density at radius 1 is 0.903 bits per heavy atom. The second-order valence-corrected chi connectivity index (χ2v) is 8.07. The first-order valence-corrected chi connectivity index (χ1v) is 10.8. The molecule has 0 bridgehead atoms. The smallest absolute Gasteiger partial charge is 0.120 e. The van der Waals surface area contributed by atoms with Crippen LogP contribution in [0.5, 0.6) is 11.5 Å². The number of aliphatic hydroxyl groups is 2. The first kappa shape index (κ1) is 21.6. The van der Waals surface area contributed by atoms with Crippen LogP contribution in [0.25, 0.3) is 21.9 Å². The molecule has 1 aliphatic rings. The van der Waals surface area contributed by atoms with Crippen molar-refractivity contribution in [3.8, 4) is 22.6 Å². The molecule has 3 aromatic carbocycles. The minimum absolute atomic E-state index is 0.187. The average Bonchev–Trinajstić information content (AvgIpc) is 2.78. The maximum absolute atomic E-state index is 10.5. The number of rotatable bonds is 8. The first-order valence-electron chi connectivity index (χ1n) is 10.8. The zero-order valence-electron chi connectivity index (χ0n) is 17.7. The van der Waals surface area contributed by atoms with Gasteiger partial charge in [0.25, 0.3) is 0 Å². The second kappa shape index (κ2) is 10.1. The number of hydrogen-bond donors (Lipinski definition) is 3. The number of phenols is 1. The Bertz CT molecular complexity index is 1000. The molecule has 3 aromatic rings. The quantitative estimate of drug-likeness (QED) is 0.518. The van der Waals surface area contributed by atoms with Gasteiger partial charge < -0.3 is 20.1 Å². The fourth-order valence-electron chi connectivity index (χ4n) is 4.16. The van der Waals surface area contributed by atoms with Crippen LogP contribution >= 0.6 is 0 Å². The summed E-state index contributed by atoms with van der Waals surface area (Å²) in [4.78, 5) is 4.47. The van der Waals surface area contributed by atoms with Crippen molar-refractivity contribution < 1.29 is 20.1 Å². The van der Waals surface area contributed by atoms with E-state index in [1.165, 1.54) is 0 Å². The number of phenolic OH excluding ortho intramolecular Hbond substituents is 1. The van der Waals surface area contributed by atoms with Gasteiger partial charge >= 0.3 is 0 Å². The molecule has 0 amide bonds. The van der Waals surface area contributed by atoms with E-state index in [2.05, 4.69) is 15.9 Å². The molecule has 1 aliphatic heterocycles. The van der Waals surface area contributed by atoms with E-state index in [0.29, 0.717) is 18.8 Å². The zero-order chi connectivity index (χ0) is 21.6. The Hall–Kier alpha value is -2.64. The molecule has 1 fully saturated rings. The number of hydrogen-bond acceptors (Lipinski definition) is 6. The Balaban J connectivity index is 1.43. The van der Waals surface area contributed by atoms with E-state index in [1.807, 2.05) is 42.5 Å². The standard InChI is InChI=1S/C25H30N2O4/c28-13-12-26-8-10-27(11-9-26)17-22(30)18-31-23-15-20-4-1-2-7-24(20)25(16-23)19-5-3-6-21(29)14-19/h1-7,14-16,22,28-30H,8-13,17-18H2. The largest absolute Gasteiger partial charge is 0.508 e. The normalized spacial score (nSPS) is 16.5. The fourth-order valence-corrected chi connectivity index (χ4v) is 4.16. The minimum Gasteiger partial charge on any atom is -0.508 e. The summed E-state index contributed by atoms with van der Waals surface area (Å²) in [5.41, 5.74) is 1.90. The van der Waals surface area contributed by atoms with Crippen LogP contribution < -0.4 is 4.74 Å². The number of piperazine rings is 1. The van der Waals surface area contributed by atoms with Gasteiger partial charge in [-0.25, -0.2) is 0 Å². The van der Waals surface area contributed by atoms with Crippen LogP contribution in [0.2, 0.25) is 0 Å². The topological polar surface area (TPSA) is 76.4 Å². The minimum atomic E-state index is -0.583. The summed E-state index contributed by atoms with van der Waals surface area (Å²) >= 11 is 0. The third-order valence-corrected chi connectivity index (χ3v) is 5.78. The molecular formula is C25H30N2O4. The zero-order valence-corrected chi connectivity index (χ0v) is 17.7. The summed E-state index contributed by atoms with van der Waals surface area (Å²) in [6, 6.07) is 19.2. The molecule has 31 heavy (non-hydrogen) atoms. The van der Waals surface area contributed by atoms with Crippen molar-refractivity contribution in [3.05, 3.63) is 60.7 Å². The molecule has 6 heteroatoms. The molecule has 1 saturated heterocycles. The number of aliphatic hydroxyl groups excluding tert-OH is 2. The molecule has 164 valence electrons. The van der Waals surface area contributed by atoms with Gasteiger partial charge in [0.15, 0.2) is 0 Å². The van der Waals surface area contributed by atoms with Gasteiger partial charge in [-0.3, -0.25) is 9.80 Å². The van der Waals surface area contributed by atoms with Crippen LogP contribution in [0.15, 0.2) is 60.7 Å². The van der Waals surface area contributed by atoms with Crippen molar-refractivity contribution in [1.82, 2.24) is 9.80 Å². The third-order valence-electron chi connectivity index (χ3n) is 5.78. The van der Waals surface area contributed by atoms with E-state index >= 15 is 0 Å². The highest BCUT2D eigenvalue weighted by Gasteiger charge is 2.19. The van der Waals surface area contributed by atoms with Gasteiger partial charge in [-0.05, 0) is 46.2 Å². The molecule has 0 radical (unpaired) electrons.